The third-order valence-electron chi connectivity index (χ3n) is 6.01. The van der Waals surface area contributed by atoms with Gasteiger partial charge in [0, 0.05) is 22.5 Å². The maximum Gasteiger partial charge on any atom is 0.243 e. The molecule has 0 spiro atoms. The van der Waals surface area contributed by atoms with Crippen LogP contribution in [0.2, 0.25) is 0 Å². The lowest BCUT2D eigenvalue weighted by Gasteiger charge is -2.31. The van der Waals surface area contributed by atoms with Gasteiger partial charge in [0.25, 0.3) is 0 Å². The summed E-state index contributed by atoms with van der Waals surface area (Å²) < 4.78 is 27.3. The van der Waals surface area contributed by atoms with E-state index in [9.17, 15) is 23.0 Å². The number of halogens is 1. The fraction of sp³-hybridized carbons (Fsp3) is 0.423. The number of hydrogen-bond acceptors (Lipinski definition) is 4. The van der Waals surface area contributed by atoms with E-state index in [0.29, 0.717) is 5.69 Å². The van der Waals surface area contributed by atoms with Crippen molar-refractivity contribution in [3.05, 3.63) is 59.9 Å². The first kappa shape index (κ1) is 26.5. The van der Waals surface area contributed by atoms with Crippen molar-refractivity contribution in [1.29, 1.82) is 0 Å². The van der Waals surface area contributed by atoms with Crippen LogP contribution in [0.15, 0.2) is 48.5 Å². The molecule has 0 saturated heterocycles. The number of carbonyl (C=O) groups is 3. The van der Waals surface area contributed by atoms with Crippen molar-refractivity contribution in [2.24, 2.45) is 0 Å². The summed E-state index contributed by atoms with van der Waals surface area (Å²) in [6.07, 6.45) is 4.92. The minimum atomic E-state index is -1.85. The van der Waals surface area contributed by atoms with E-state index < -0.39 is 51.9 Å². The van der Waals surface area contributed by atoms with Gasteiger partial charge in [0.05, 0.1) is 5.69 Å². The Labute approximate surface area is 207 Å². The predicted molar refractivity (Wildman–Crippen MR) is 136 cm³/mol. The van der Waals surface area contributed by atoms with Gasteiger partial charge in [-0.3, -0.25) is 23.5 Å². The number of anilines is 2. The highest BCUT2D eigenvalue weighted by molar-refractivity contribution is 7.86. The molecule has 2 N–H and O–H groups in total. The first-order valence-electron chi connectivity index (χ1n) is 11.8. The predicted octanol–water partition coefficient (Wildman–Crippen LogP) is 3.69. The normalized spacial score (nSPS) is 15.6. The monoisotopic (exact) mass is 501 g/mol. The van der Waals surface area contributed by atoms with Crippen molar-refractivity contribution >= 4 is 39.9 Å². The SMILES string of the molecule is Cc1ccc(NC(=O)C[S@@](=O)CC(=O)N(c2ccccc2F)[C@H](C)C(=O)NC2CCCCC2)cc1. The molecule has 1 aliphatic rings. The maximum atomic E-state index is 14.6. The standard InChI is InChI=1S/C26H32FN3O4S/c1-18-12-14-21(15-13-18)28-24(31)16-35(34)17-25(32)30(23-11-7-6-10-22(23)27)19(2)26(33)29-20-8-4-3-5-9-20/h6-7,10-15,19-20H,3-5,8-9,16-17H2,1-2H3,(H,28,31)(H,29,33)/t19-,35-/m1/s1. The quantitative estimate of drug-likeness (QED) is 0.548. The summed E-state index contributed by atoms with van der Waals surface area (Å²) in [6.45, 7) is 3.44. The van der Waals surface area contributed by atoms with E-state index in [1.807, 2.05) is 19.1 Å². The van der Waals surface area contributed by atoms with E-state index in [-0.39, 0.29) is 11.7 Å². The summed E-state index contributed by atoms with van der Waals surface area (Å²) in [5, 5.41) is 5.61. The summed E-state index contributed by atoms with van der Waals surface area (Å²) in [5.41, 5.74) is 1.53. The van der Waals surface area contributed by atoms with Crippen LogP contribution < -0.4 is 15.5 Å². The second kappa shape index (κ2) is 12.6. The number of para-hydroxylation sites is 1. The Morgan fingerprint density at radius 1 is 1.03 bits per heavy atom. The van der Waals surface area contributed by atoms with Crippen LogP contribution in [0.1, 0.15) is 44.6 Å². The molecule has 7 nitrogen and oxygen atoms in total. The molecule has 1 fully saturated rings. The average Bonchev–Trinajstić information content (AvgIpc) is 2.82. The van der Waals surface area contributed by atoms with Crippen molar-refractivity contribution in [3.8, 4) is 0 Å². The Bertz CT molecular complexity index is 1070. The molecule has 2 aromatic rings. The topological polar surface area (TPSA) is 95.6 Å². The minimum absolute atomic E-state index is 0.0240. The molecule has 0 aromatic heterocycles. The summed E-state index contributed by atoms with van der Waals surface area (Å²) in [4.78, 5) is 39.5. The molecule has 1 aliphatic carbocycles. The van der Waals surface area contributed by atoms with E-state index in [1.54, 1.807) is 18.2 Å². The third kappa shape index (κ3) is 7.71. The molecule has 0 aliphatic heterocycles. The van der Waals surface area contributed by atoms with Gasteiger partial charge >= 0.3 is 0 Å². The molecule has 2 atom stereocenters. The van der Waals surface area contributed by atoms with Crippen LogP contribution >= 0.6 is 0 Å². The number of rotatable bonds is 9. The number of aryl methyl sites for hydroxylation is 1. The third-order valence-corrected chi connectivity index (χ3v) is 7.16. The van der Waals surface area contributed by atoms with Gasteiger partial charge in [0.1, 0.15) is 23.4 Å². The molecule has 35 heavy (non-hydrogen) atoms. The Hall–Kier alpha value is -3.07. The highest BCUT2D eigenvalue weighted by Gasteiger charge is 2.31. The molecular formula is C26H32FN3O4S. The zero-order valence-electron chi connectivity index (χ0n) is 20.1. The van der Waals surface area contributed by atoms with Crippen molar-refractivity contribution in [3.63, 3.8) is 0 Å². The Balaban J connectivity index is 1.68. The van der Waals surface area contributed by atoms with Crippen molar-refractivity contribution in [2.45, 2.75) is 58.0 Å². The largest absolute Gasteiger partial charge is 0.352 e. The molecule has 3 amide bonds. The van der Waals surface area contributed by atoms with E-state index in [4.69, 9.17) is 0 Å². The van der Waals surface area contributed by atoms with Crippen LogP contribution in [0.4, 0.5) is 15.8 Å². The van der Waals surface area contributed by atoms with Gasteiger partial charge < -0.3 is 10.6 Å². The zero-order valence-corrected chi connectivity index (χ0v) is 20.9. The summed E-state index contributed by atoms with van der Waals surface area (Å²) >= 11 is 0. The van der Waals surface area contributed by atoms with E-state index in [0.717, 1.165) is 42.6 Å². The first-order valence-corrected chi connectivity index (χ1v) is 13.3. The lowest BCUT2D eigenvalue weighted by atomic mass is 9.95. The maximum absolute atomic E-state index is 14.6. The summed E-state index contributed by atoms with van der Waals surface area (Å²) in [6, 6.07) is 11.8. The number of amides is 3. The average molecular weight is 502 g/mol. The molecule has 0 bridgehead atoms. The molecule has 3 rings (SSSR count). The molecule has 188 valence electrons. The lowest BCUT2D eigenvalue weighted by molar-refractivity contribution is -0.126. The van der Waals surface area contributed by atoms with Crippen LogP contribution in [0.5, 0.6) is 0 Å². The van der Waals surface area contributed by atoms with Crippen molar-refractivity contribution < 1.29 is 23.0 Å². The second-order valence-electron chi connectivity index (χ2n) is 8.88. The molecule has 0 heterocycles. The Morgan fingerprint density at radius 2 is 1.69 bits per heavy atom. The fourth-order valence-electron chi connectivity index (χ4n) is 4.13. The second-order valence-corrected chi connectivity index (χ2v) is 10.3. The van der Waals surface area contributed by atoms with Crippen molar-refractivity contribution in [1.82, 2.24) is 5.32 Å². The van der Waals surface area contributed by atoms with Crippen LogP contribution in [-0.4, -0.2) is 45.5 Å². The molecule has 9 heteroatoms. The van der Waals surface area contributed by atoms with Crippen LogP contribution in [0, 0.1) is 12.7 Å². The molecule has 0 unspecified atom stereocenters. The number of benzene rings is 2. The van der Waals surface area contributed by atoms with Gasteiger partial charge in [0.15, 0.2) is 0 Å². The lowest BCUT2D eigenvalue weighted by Crippen LogP contribution is -2.52. The van der Waals surface area contributed by atoms with Gasteiger partial charge in [-0.15, -0.1) is 0 Å². The van der Waals surface area contributed by atoms with E-state index in [2.05, 4.69) is 10.6 Å². The van der Waals surface area contributed by atoms with Gasteiger partial charge in [-0.1, -0.05) is 49.1 Å². The molecule has 0 radical (unpaired) electrons. The highest BCUT2D eigenvalue weighted by Crippen LogP contribution is 2.23. The zero-order chi connectivity index (χ0) is 25.4. The molecule has 1 saturated carbocycles. The number of nitrogens with one attached hydrogen (secondary N) is 2. The van der Waals surface area contributed by atoms with Gasteiger partial charge in [-0.05, 0) is 51.0 Å². The smallest absolute Gasteiger partial charge is 0.243 e. The van der Waals surface area contributed by atoms with Crippen LogP contribution in [0.3, 0.4) is 0 Å². The molecule has 2 aromatic carbocycles. The van der Waals surface area contributed by atoms with Gasteiger partial charge in [0.2, 0.25) is 17.7 Å². The van der Waals surface area contributed by atoms with E-state index in [1.165, 1.54) is 25.1 Å². The van der Waals surface area contributed by atoms with E-state index >= 15 is 0 Å². The number of nitrogens with zero attached hydrogens (tertiary/aromatic N) is 1. The van der Waals surface area contributed by atoms with Gasteiger partial charge in [-0.25, -0.2) is 4.39 Å². The van der Waals surface area contributed by atoms with Crippen LogP contribution in [0.25, 0.3) is 0 Å². The fourth-order valence-corrected chi connectivity index (χ4v) is 5.01. The summed E-state index contributed by atoms with van der Waals surface area (Å²) in [7, 11) is -1.85. The first-order chi connectivity index (χ1) is 16.7. The van der Waals surface area contributed by atoms with Crippen LogP contribution in [-0.2, 0) is 25.2 Å². The molecular weight excluding hydrogens is 469 g/mol. The van der Waals surface area contributed by atoms with Gasteiger partial charge in [-0.2, -0.15) is 0 Å². The summed E-state index contributed by atoms with van der Waals surface area (Å²) in [5.74, 6) is -3.16. The Kier molecular flexibility index (Phi) is 9.54. The number of carbonyl (C=O) groups excluding carboxylic acids is 3. The number of hydrogen-bond donors (Lipinski definition) is 2. The van der Waals surface area contributed by atoms with Crippen molar-refractivity contribution in [2.75, 3.05) is 21.7 Å². The minimum Gasteiger partial charge on any atom is -0.352 e. The Morgan fingerprint density at radius 3 is 2.34 bits per heavy atom. The highest BCUT2D eigenvalue weighted by atomic mass is 32.2.